The summed E-state index contributed by atoms with van der Waals surface area (Å²) < 4.78 is 22.6. The van der Waals surface area contributed by atoms with E-state index >= 15 is 0 Å². The van der Waals surface area contributed by atoms with E-state index < -0.39 is 9.84 Å². The summed E-state index contributed by atoms with van der Waals surface area (Å²) in [6.07, 6.45) is 3.71. The van der Waals surface area contributed by atoms with Crippen molar-refractivity contribution in [1.29, 1.82) is 0 Å². The van der Waals surface area contributed by atoms with Gasteiger partial charge in [-0.3, -0.25) is 0 Å². The second-order valence-corrected chi connectivity index (χ2v) is 6.91. The maximum absolute atomic E-state index is 11.3. The number of piperidine rings is 1. The minimum absolute atomic E-state index is 0.368. The van der Waals surface area contributed by atoms with Crippen molar-refractivity contribution in [3.63, 3.8) is 0 Å². The third kappa shape index (κ3) is 3.71. The van der Waals surface area contributed by atoms with E-state index in [9.17, 15) is 8.42 Å². The van der Waals surface area contributed by atoms with Gasteiger partial charge in [-0.2, -0.15) is 0 Å². The van der Waals surface area contributed by atoms with E-state index in [-0.39, 0.29) is 0 Å². The molecule has 1 aromatic rings. The van der Waals surface area contributed by atoms with Crippen molar-refractivity contribution >= 4 is 15.5 Å². The number of sulfone groups is 1. The SMILES string of the molecule is CS(=O)(=O)c1ccc(NCC2CCCNC2)cc1. The number of hydrogen-bond acceptors (Lipinski definition) is 4. The molecule has 2 N–H and O–H groups in total. The van der Waals surface area contributed by atoms with Crippen molar-refractivity contribution < 1.29 is 8.42 Å². The van der Waals surface area contributed by atoms with Gasteiger partial charge < -0.3 is 10.6 Å². The molecule has 0 spiro atoms. The summed E-state index contributed by atoms with van der Waals surface area (Å²) in [7, 11) is -3.09. The largest absolute Gasteiger partial charge is 0.385 e. The highest BCUT2D eigenvalue weighted by Crippen LogP contribution is 2.16. The molecule has 0 saturated carbocycles. The Kier molecular flexibility index (Phi) is 4.24. The lowest BCUT2D eigenvalue weighted by Gasteiger charge is -2.23. The normalized spacial score (nSPS) is 20.6. The Hall–Kier alpha value is -1.07. The van der Waals surface area contributed by atoms with Crippen LogP contribution in [0.15, 0.2) is 29.2 Å². The zero-order valence-corrected chi connectivity index (χ0v) is 11.5. The van der Waals surface area contributed by atoms with E-state index in [2.05, 4.69) is 10.6 Å². The molecule has 1 saturated heterocycles. The smallest absolute Gasteiger partial charge is 0.175 e. The van der Waals surface area contributed by atoms with Crippen molar-refractivity contribution in [2.75, 3.05) is 31.2 Å². The average Bonchev–Trinajstić information content (AvgIpc) is 2.37. The van der Waals surface area contributed by atoms with Gasteiger partial charge in [0.25, 0.3) is 0 Å². The zero-order valence-electron chi connectivity index (χ0n) is 10.6. The van der Waals surface area contributed by atoms with Crippen LogP contribution < -0.4 is 10.6 Å². The molecule has 5 heteroatoms. The van der Waals surface area contributed by atoms with Gasteiger partial charge in [-0.05, 0) is 56.1 Å². The van der Waals surface area contributed by atoms with Crippen LogP contribution in [0.3, 0.4) is 0 Å². The van der Waals surface area contributed by atoms with Gasteiger partial charge in [-0.15, -0.1) is 0 Å². The maximum Gasteiger partial charge on any atom is 0.175 e. The molecule has 1 unspecified atom stereocenters. The highest BCUT2D eigenvalue weighted by Gasteiger charge is 2.12. The Balaban J connectivity index is 1.90. The van der Waals surface area contributed by atoms with Crippen molar-refractivity contribution in [2.24, 2.45) is 5.92 Å². The lowest BCUT2D eigenvalue weighted by molar-refractivity contribution is 0.393. The van der Waals surface area contributed by atoms with Gasteiger partial charge in [-0.25, -0.2) is 8.42 Å². The van der Waals surface area contributed by atoms with E-state index in [1.807, 2.05) is 12.1 Å². The van der Waals surface area contributed by atoms with Gasteiger partial charge in [0.05, 0.1) is 4.90 Å². The van der Waals surface area contributed by atoms with Crippen molar-refractivity contribution in [1.82, 2.24) is 5.32 Å². The van der Waals surface area contributed by atoms with Crippen molar-refractivity contribution in [2.45, 2.75) is 17.7 Å². The number of benzene rings is 1. The number of anilines is 1. The molecule has 18 heavy (non-hydrogen) atoms. The second-order valence-electron chi connectivity index (χ2n) is 4.89. The fourth-order valence-electron chi connectivity index (χ4n) is 2.18. The molecule has 2 rings (SSSR count). The number of nitrogens with one attached hydrogen (secondary N) is 2. The molecule has 1 aromatic carbocycles. The second kappa shape index (κ2) is 5.71. The molecule has 1 aliphatic heterocycles. The Bertz CT molecular complexity index is 476. The van der Waals surface area contributed by atoms with Gasteiger partial charge in [-0.1, -0.05) is 0 Å². The van der Waals surface area contributed by atoms with Gasteiger partial charge >= 0.3 is 0 Å². The first-order chi connectivity index (χ1) is 8.55. The predicted octanol–water partition coefficient (Wildman–Crippen LogP) is 1.50. The molecule has 1 heterocycles. The molecule has 1 fully saturated rings. The average molecular weight is 268 g/mol. The summed E-state index contributed by atoms with van der Waals surface area (Å²) in [6, 6.07) is 6.95. The molecule has 0 amide bonds. The van der Waals surface area contributed by atoms with E-state index in [1.54, 1.807) is 12.1 Å². The van der Waals surface area contributed by atoms with Crippen LogP contribution in [0.5, 0.6) is 0 Å². The third-order valence-electron chi connectivity index (χ3n) is 3.28. The molecule has 0 aromatic heterocycles. The molecule has 1 aliphatic rings. The minimum atomic E-state index is -3.09. The van der Waals surface area contributed by atoms with Crippen LogP contribution in [-0.4, -0.2) is 34.3 Å². The number of rotatable bonds is 4. The van der Waals surface area contributed by atoms with E-state index in [0.29, 0.717) is 10.8 Å². The Morgan fingerprint density at radius 3 is 2.61 bits per heavy atom. The molecule has 0 radical (unpaired) electrons. The first kappa shape index (κ1) is 13.4. The Morgan fingerprint density at radius 1 is 1.33 bits per heavy atom. The lowest BCUT2D eigenvalue weighted by Crippen LogP contribution is -2.33. The van der Waals surface area contributed by atoms with Crippen LogP contribution in [0.4, 0.5) is 5.69 Å². The molecule has 1 atom stereocenters. The maximum atomic E-state index is 11.3. The first-order valence-electron chi connectivity index (χ1n) is 6.30. The Morgan fingerprint density at radius 2 is 2.06 bits per heavy atom. The van der Waals surface area contributed by atoms with Crippen LogP contribution in [-0.2, 0) is 9.84 Å². The fraction of sp³-hybridized carbons (Fsp3) is 0.538. The van der Waals surface area contributed by atoms with E-state index in [0.717, 1.165) is 25.3 Å². The summed E-state index contributed by atoms with van der Waals surface area (Å²) in [5.41, 5.74) is 0.980. The molecule has 100 valence electrons. The van der Waals surface area contributed by atoms with E-state index in [4.69, 9.17) is 0 Å². The van der Waals surface area contributed by atoms with Gasteiger partial charge in [0.2, 0.25) is 0 Å². The van der Waals surface area contributed by atoms with Gasteiger partial charge in [0.1, 0.15) is 0 Å². The van der Waals surface area contributed by atoms with Crippen LogP contribution >= 0.6 is 0 Å². The predicted molar refractivity (Wildman–Crippen MR) is 73.6 cm³/mol. The van der Waals surface area contributed by atoms with Crippen LogP contribution in [0.2, 0.25) is 0 Å². The molecule has 0 aliphatic carbocycles. The topological polar surface area (TPSA) is 58.2 Å². The van der Waals surface area contributed by atoms with Crippen LogP contribution in [0.1, 0.15) is 12.8 Å². The summed E-state index contributed by atoms with van der Waals surface area (Å²) in [4.78, 5) is 0.368. The van der Waals surface area contributed by atoms with Crippen molar-refractivity contribution in [3.8, 4) is 0 Å². The number of hydrogen-bond donors (Lipinski definition) is 2. The molecular weight excluding hydrogens is 248 g/mol. The first-order valence-corrected chi connectivity index (χ1v) is 8.19. The summed E-state index contributed by atoms with van der Waals surface area (Å²) in [5.74, 6) is 0.660. The molecular formula is C13H20N2O2S. The zero-order chi connectivity index (χ0) is 13.0. The van der Waals surface area contributed by atoms with Crippen LogP contribution in [0, 0.1) is 5.92 Å². The van der Waals surface area contributed by atoms with E-state index in [1.165, 1.54) is 19.1 Å². The van der Waals surface area contributed by atoms with Gasteiger partial charge in [0, 0.05) is 18.5 Å². The summed E-state index contributed by atoms with van der Waals surface area (Å²) in [5, 5.41) is 6.74. The highest BCUT2D eigenvalue weighted by molar-refractivity contribution is 7.90. The molecule has 4 nitrogen and oxygen atoms in total. The highest BCUT2D eigenvalue weighted by atomic mass is 32.2. The van der Waals surface area contributed by atoms with Crippen LogP contribution in [0.25, 0.3) is 0 Å². The molecule has 0 bridgehead atoms. The summed E-state index contributed by atoms with van der Waals surface area (Å²) in [6.45, 7) is 3.12. The monoisotopic (exact) mass is 268 g/mol. The quantitative estimate of drug-likeness (QED) is 0.869. The standard InChI is InChI=1S/C13H20N2O2S/c1-18(16,17)13-6-4-12(5-7-13)15-10-11-3-2-8-14-9-11/h4-7,11,14-15H,2-3,8-10H2,1H3. The van der Waals surface area contributed by atoms with Gasteiger partial charge in [0.15, 0.2) is 9.84 Å². The lowest BCUT2D eigenvalue weighted by atomic mass is 10.00. The fourth-order valence-corrected chi connectivity index (χ4v) is 2.81. The van der Waals surface area contributed by atoms with Crippen molar-refractivity contribution in [3.05, 3.63) is 24.3 Å². The summed E-state index contributed by atoms with van der Waals surface area (Å²) >= 11 is 0. The third-order valence-corrected chi connectivity index (χ3v) is 4.40. The Labute approximate surface area is 109 Å². The minimum Gasteiger partial charge on any atom is -0.385 e.